The number of benzene rings is 2. The zero-order valence-electron chi connectivity index (χ0n) is 14.8. The normalized spacial score (nSPS) is 11.2. The molecule has 134 valence electrons. The van der Waals surface area contributed by atoms with Gasteiger partial charge in [0.05, 0.1) is 22.7 Å². The van der Waals surface area contributed by atoms with E-state index in [0.717, 1.165) is 11.1 Å². The van der Waals surface area contributed by atoms with Crippen molar-refractivity contribution in [1.82, 2.24) is 0 Å². The van der Waals surface area contributed by atoms with E-state index in [1.54, 1.807) is 11.0 Å². The van der Waals surface area contributed by atoms with Crippen molar-refractivity contribution < 1.29 is 13.2 Å². The number of aryl methyl sites for hydroxylation is 2. The van der Waals surface area contributed by atoms with Gasteiger partial charge in [0.15, 0.2) is 0 Å². The van der Waals surface area contributed by atoms with Gasteiger partial charge in [0, 0.05) is 14.1 Å². The molecule has 0 atom stereocenters. The second-order valence-electron chi connectivity index (χ2n) is 6.26. The smallest absolute Gasteiger partial charge is 0.238 e. The lowest BCUT2D eigenvalue weighted by Gasteiger charge is -2.19. The predicted octanol–water partition coefficient (Wildman–Crippen LogP) is 2.20. The highest BCUT2D eigenvalue weighted by Gasteiger charge is 2.15. The van der Waals surface area contributed by atoms with Gasteiger partial charge < -0.3 is 10.2 Å². The third-order valence-corrected chi connectivity index (χ3v) is 4.90. The summed E-state index contributed by atoms with van der Waals surface area (Å²) in [4.78, 5) is 14.2. The Morgan fingerprint density at radius 1 is 1.08 bits per heavy atom. The van der Waals surface area contributed by atoms with Crippen LogP contribution in [0.3, 0.4) is 0 Å². The van der Waals surface area contributed by atoms with E-state index < -0.39 is 10.0 Å². The molecule has 0 unspecified atom stereocenters. The summed E-state index contributed by atoms with van der Waals surface area (Å²) < 4.78 is 23.1. The number of nitrogens with one attached hydrogen (secondary N) is 1. The van der Waals surface area contributed by atoms with Crippen LogP contribution in [0.1, 0.15) is 16.7 Å². The first-order valence-electron chi connectivity index (χ1n) is 7.78. The topological polar surface area (TPSA) is 92.5 Å². The fourth-order valence-corrected chi connectivity index (χ4v) is 3.02. The van der Waals surface area contributed by atoms with E-state index in [-0.39, 0.29) is 17.2 Å². The third-order valence-electron chi connectivity index (χ3n) is 3.99. The molecule has 0 bridgehead atoms. The van der Waals surface area contributed by atoms with Gasteiger partial charge in [-0.05, 0) is 48.7 Å². The number of hydrogen-bond donors (Lipinski definition) is 2. The van der Waals surface area contributed by atoms with Crippen LogP contribution in [0.2, 0.25) is 0 Å². The molecule has 6 nitrogen and oxygen atoms in total. The molecular weight excluding hydrogens is 338 g/mol. The van der Waals surface area contributed by atoms with Crippen molar-refractivity contribution in [3.63, 3.8) is 0 Å². The highest BCUT2D eigenvalue weighted by atomic mass is 32.2. The molecule has 0 saturated carbocycles. The molecule has 2 aromatic carbocycles. The minimum atomic E-state index is -3.84. The van der Waals surface area contributed by atoms with Crippen molar-refractivity contribution in [3.8, 4) is 0 Å². The molecule has 2 aromatic rings. The summed E-state index contributed by atoms with van der Waals surface area (Å²) >= 11 is 0. The second-order valence-corrected chi connectivity index (χ2v) is 7.82. The van der Waals surface area contributed by atoms with E-state index >= 15 is 0 Å². The molecule has 2 rings (SSSR count). The molecule has 0 aliphatic carbocycles. The quantitative estimate of drug-likeness (QED) is 0.854. The number of nitrogens with zero attached hydrogens (tertiary/aromatic N) is 1. The molecule has 1 amide bonds. The first-order chi connectivity index (χ1) is 11.6. The number of carbonyl (C=O) groups is 1. The van der Waals surface area contributed by atoms with Crippen molar-refractivity contribution >= 4 is 27.3 Å². The molecule has 0 fully saturated rings. The predicted molar refractivity (Wildman–Crippen MR) is 100 cm³/mol. The highest BCUT2D eigenvalue weighted by molar-refractivity contribution is 7.89. The van der Waals surface area contributed by atoms with Crippen LogP contribution in [-0.2, 0) is 21.2 Å². The lowest BCUT2D eigenvalue weighted by atomic mass is 10.0. The minimum absolute atomic E-state index is 0.0421. The van der Waals surface area contributed by atoms with E-state index in [1.165, 1.54) is 17.7 Å². The summed E-state index contributed by atoms with van der Waals surface area (Å²) in [6.45, 7) is 4.01. The van der Waals surface area contributed by atoms with E-state index in [2.05, 4.69) is 5.32 Å². The Morgan fingerprint density at radius 3 is 2.32 bits per heavy atom. The van der Waals surface area contributed by atoms with E-state index in [0.29, 0.717) is 11.4 Å². The molecule has 0 aliphatic heterocycles. The van der Waals surface area contributed by atoms with Gasteiger partial charge in [-0.25, -0.2) is 13.6 Å². The number of nitrogens with two attached hydrogens (primary N) is 1. The van der Waals surface area contributed by atoms with Crippen LogP contribution >= 0.6 is 0 Å². The van der Waals surface area contributed by atoms with Crippen LogP contribution in [0.25, 0.3) is 0 Å². The minimum Gasteiger partial charge on any atom is -0.376 e. The molecule has 25 heavy (non-hydrogen) atoms. The molecular formula is C18H23N3O3S. The Bertz CT molecular complexity index is 906. The van der Waals surface area contributed by atoms with E-state index in [1.807, 2.05) is 46.1 Å². The Kier molecular flexibility index (Phi) is 5.49. The molecule has 7 heteroatoms. The fraction of sp³-hybridized carbons (Fsp3) is 0.278. The molecule has 3 N–H and O–H groups in total. The van der Waals surface area contributed by atoms with Crippen LogP contribution in [0.15, 0.2) is 41.3 Å². The first kappa shape index (κ1) is 19.0. The van der Waals surface area contributed by atoms with E-state index in [4.69, 9.17) is 5.14 Å². The van der Waals surface area contributed by atoms with Crippen LogP contribution in [-0.4, -0.2) is 28.4 Å². The zero-order valence-corrected chi connectivity index (χ0v) is 15.6. The summed E-state index contributed by atoms with van der Waals surface area (Å²) in [6, 6.07) is 10.3. The van der Waals surface area contributed by atoms with Crippen LogP contribution in [0, 0.1) is 13.8 Å². The lowest BCUT2D eigenvalue weighted by molar-refractivity contribution is -0.115. The number of hydrogen-bond acceptors (Lipinski definition) is 4. The summed E-state index contributed by atoms with van der Waals surface area (Å²) in [6.07, 6.45) is 0.202. The van der Waals surface area contributed by atoms with Crippen molar-refractivity contribution in [2.45, 2.75) is 25.2 Å². The van der Waals surface area contributed by atoms with Gasteiger partial charge in [-0.1, -0.05) is 18.2 Å². The van der Waals surface area contributed by atoms with E-state index in [9.17, 15) is 13.2 Å². The Hall–Kier alpha value is -2.38. The first-order valence-corrected chi connectivity index (χ1v) is 9.32. The van der Waals surface area contributed by atoms with Crippen molar-refractivity contribution in [2.75, 3.05) is 24.3 Å². The molecule has 0 aromatic heterocycles. The maximum atomic E-state index is 12.4. The van der Waals surface area contributed by atoms with Crippen LogP contribution in [0.5, 0.6) is 0 Å². The summed E-state index contributed by atoms with van der Waals surface area (Å²) in [7, 11) is -0.222. The number of sulfonamides is 1. The summed E-state index contributed by atoms with van der Waals surface area (Å²) in [5.74, 6) is -0.224. The number of anilines is 2. The lowest BCUT2D eigenvalue weighted by Crippen LogP contribution is -2.19. The number of primary sulfonamides is 1. The zero-order chi connectivity index (χ0) is 18.8. The van der Waals surface area contributed by atoms with Gasteiger partial charge in [0.25, 0.3) is 0 Å². The Morgan fingerprint density at radius 2 is 1.76 bits per heavy atom. The molecule has 0 heterocycles. The van der Waals surface area contributed by atoms with Crippen molar-refractivity contribution in [3.05, 3.63) is 53.1 Å². The average Bonchev–Trinajstić information content (AvgIpc) is 2.49. The largest absolute Gasteiger partial charge is 0.376 e. The standard InChI is InChI=1S/C18H23N3O3S/c1-12-5-6-14(9-13(12)2)10-18(22)20-16-11-15(25(19,23)24)7-8-17(16)21(3)4/h5-9,11H,10H2,1-4H3,(H,20,22)(H2,19,23,24). The maximum absolute atomic E-state index is 12.4. The van der Waals surface area contributed by atoms with Gasteiger partial charge in [-0.2, -0.15) is 0 Å². The second kappa shape index (κ2) is 7.25. The summed E-state index contributed by atoms with van der Waals surface area (Å²) in [5, 5.41) is 7.97. The molecule has 0 aliphatic rings. The maximum Gasteiger partial charge on any atom is 0.238 e. The van der Waals surface area contributed by atoms with Gasteiger partial charge in [0.1, 0.15) is 0 Å². The van der Waals surface area contributed by atoms with Crippen molar-refractivity contribution in [2.24, 2.45) is 5.14 Å². The monoisotopic (exact) mass is 361 g/mol. The van der Waals surface area contributed by atoms with Crippen molar-refractivity contribution in [1.29, 1.82) is 0 Å². The average molecular weight is 361 g/mol. The van der Waals surface area contributed by atoms with Gasteiger partial charge in [0.2, 0.25) is 15.9 Å². The Balaban J connectivity index is 2.27. The number of carbonyl (C=O) groups excluding carboxylic acids is 1. The fourth-order valence-electron chi connectivity index (χ4n) is 2.48. The van der Waals surface area contributed by atoms with Crippen LogP contribution < -0.4 is 15.4 Å². The highest BCUT2D eigenvalue weighted by Crippen LogP contribution is 2.27. The molecule has 0 spiro atoms. The SMILES string of the molecule is Cc1ccc(CC(=O)Nc2cc(S(N)(=O)=O)ccc2N(C)C)cc1C. The van der Waals surface area contributed by atoms with Crippen LogP contribution in [0.4, 0.5) is 11.4 Å². The number of rotatable bonds is 5. The summed E-state index contributed by atoms with van der Waals surface area (Å²) in [5.41, 5.74) is 4.29. The Labute approximate surface area is 148 Å². The van der Waals surface area contributed by atoms with Gasteiger partial charge in [-0.3, -0.25) is 4.79 Å². The third kappa shape index (κ3) is 4.80. The van der Waals surface area contributed by atoms with Gasteiger partial charge in [-0.15, -0.1) is 0 Å². The van der Waals surface area contributed by atoms with Gasteiger partial charge >= 0.3 is 0 Å². The molecule has 0 saturated heterocycles. The molecule has 0 radical (unpaired) electrons. The number of amides is 1.